The number of amides is 14. The number of aryl methyl sites for hydroxylation is 2. The molecular formula is C81H128N14O18S. The van der Waals surface area contributed by atoms with Gasteiger partial charge in [-0.2, -0.15) is 0 Å². The highest BCUT2D eigenvalue weighted by atomic mass is 32.2. The van der Waals surface area contributed by atoms with E-state index in [4.69, 9.17) is 30.4 Å². The number of ketones is 1. The predicted molar refractivity (Wildman–Crippen MR) is 432 cm³/mol. The Balaban J connectivity index is 1.18. The fraction of sp³-hybridized carbons (Fsp3) is 0.679. The Labute approximate surface area is 676 Å². The number of carbonyl (C=O) groups is 14. The van der Waals surface area contributed by atoms with E-state index in [0.717, 1.165) is 24.0 Å². The SMILES string of the molecule is CC[C@H](C)C([C@@H](CC(=O)N1C[C@@H](OC(=O)N(C)CCN(C)C(=O)OCc2ccc(NC(=O)[C@H](CCCNC(N)=O)NC(=O)[C@@H](NC(=O)CCCCCN3C(=O)CC(SCC4(CC(N)=O)CC4)C3=O)C(C)C)cc2)C[C@H]1[C@H](OC)[C@@H](C)C(=O)NCC(=O)c1ccc(C)cc1C)OC)N(C)C(=O)[C@@H](NC(=O)[C@H](C(C)C)N(C)C)C(C)C. The van der Waals surface area contributed by atoms with Gasteiger partial charge < -0.3 is 81.9 Å². The number of primary amides is 2. The first kappa shape index (κ1) is 95.6. The highest BCUT2D eigenvalue weighted by Crippen LogP contribution is 2.52. The number of ether oxygens (including phenoxy) is 4. The molecule has 2 aromatic carbocycles. The smallest absolute Gasteiger partial charge is 0.409 e. The Hall–Kier alpha value is -8.95. The number of likely N-dealkylation sites (N-methyl/N-ethyl adjacent to an activating group) is 4. The van der Waals surface area contributed by atoms with Crippen LogP contribution >= 0.6 is 11.8 Å². The van der Waals surface area contributed by atoms with E-state index in [1.165, 1.54) is 59.7 Å². The Morgan fingerprint density at radius 3 is 1.94 bits per heavy atom. The second-order valence-corrected chi connectivity index (χ2v) is 33.4. The maximum atomic E-state index is 15.1. The quantitative estimate of drug-likeness (QED) is 0.0225. The Morgan fingerprint density at radius 1 is 0.719 bits per heavy atom. The molecule has 1 aliphatic carbocycles. The molecule has 5 rings (SSSR count). The Bertz CT molecular complexity index is 3640. The number of nitrogens with two attached hydrogens (primary N) is 2. The second kappa shape index (κ2) is 45.4. The molecular weight excluding hydrogens is 1490 g/mol. The minimum absolute atomic E-state index is 0.00990. The number of thioether (sulfide) groups is 1. The number of benzene rings is 2. The van der Waals surface area contributed by atoms with Crippen molar-refractivity contribution in [1.82, 2.24) is 56.0 Å². The summed E-state index contributed by atoms with van der Waals surface area (Å²) < 4.78 is 23.9. The van der Waals surface area contributed by atoms with Crippen molar-refractivity contribution in [3.05, 3.63) is 64.7 Å². The molecule has 3 fully saturated rings. The number of nitrogens with one attached hydrogen (secondary N) is 6. The molecule has 0 radical (unpaired) electrons. The maximum Gasteiger partial charge on any atom is 0.409 e. The molecule has 10 N–H and O–H groups in total. The fourth-order valence-electron chi connectivity index (χ4n) is 14.7. The van der Waals surface area contributed by atoms with Crippen LogP contribution in [0.25, 0.3) is 0 Å². The topological polar surface area (TPSA) is 420 Å². The van der Waals surface area contributed by atoms with Crippen molar-refractivity contribution < 1.29 is 86.1 Å². The second-order valence-electron chi connectivity index (χ2n) is 32.2. The normalized spacial score (nSPS) is 18.2. The number of methoxy groups -OCH3 is 2. The van der Waals surface area contributed by atoms with Crippen molar-refractivity contribution in [3.8, 4) is 0 Å². The van der Waals surface area contributed by atoms with Crippen LogP contribution in [-0.4, -0.2) is 267 Å². The summed E-state index contributed by atoms with van der Waals surface area (Å²) in [6, 6.07) is 5.89. The first-order valence-corrected chi connectivity index (χ1v) is 40.8. The molecule has 14 amide bonds. The molecule has 1 saturated carbocycles. The number of anilines is 1. The van der Waals surface area contributed by atoms with E-state index in [0.29, 0.717) is 48.3 Å². The molecule has 2 aromatic rings. The van der Waals surface area contributed by atoms with E-state index < -0.39 is 119 Å². The lowest BCUT2D eigenvalue weighted by Crippen LogP contribution is -2.59. The molecule has 32 nitrogen and oxygen atoms in total. The third kappa shape index (κ3) is 28.5. The van der Waals surface area contributed by atoms with Crippen molar-refractivity contribution in [2.75, 3.05) is 99.8 Å². The number of nitrogens with zero attached hydrogens (tertiary/aromatic N) is 6. The lowest BCUT2D eigenvalue weighted by Gasteiger charge is -2.41. The minimum atomic E-state index is -1.14. The van der Waals surface area contributed by atoms with Crippen LogP contribution in [0.4, 0.5) is 20.1 Å². The molecule has 0 bridgehead atoms. The molecule has 2 saturated heterocycles. The van der Waals surface area contributed by atoms with Gasteiger partial charge in [-0.15, -0.1) is 11.8 Å². The molecule has 0 spiro atoms. The maximum absolute atomic E-state index is 15.1. The molecule has 12 atom stereocenters. The van der Waals surface area contributed by atoms with Gasteiger partial charge in [0.1, 0.15) is 30.8 Å². The summed E-state index contributed by atoms with van der Waals surface area (Å²) >= 11 is 1.40. The first-order chi connectivity index (χ1) is 53.7. The van der Waals surface area contributed by atoms with Gasteiger partial charge in [0, 0.05) is 104 Å². The average Bonchev–Trinajstić information content (AvgIpc) is 1.60. The van der Waals surface area contributed by atoms with Gasteiger partial charge in [0.25, 0.3) is 0 Å². The van der Waals surface area contributed by atoms with Crippen LogP contribution in [-0.2, 0) is 73.5 Å². The van der Waals surface area contributed by atoms with E-state index >= 15 is 4.79 Å². The lowest BCUT2D eigenvalue weighted by atomic mass is 9.89. The average molecular weight is 1620 g/mol. The number of hydrogen-bond acceptors (Lipinski definition) is 20. The first-order valence-electron chi connectivity index (χ1n) is 39.7. The number of imide groups is 1. The van der Waals surface area contributed by atoms with Gasteiger partial charge in [-0.3, -0.25) is 62.5 Å². The summed E-state index contributed by atoms with van der Waals surface area (Å²) in [5, 5.41) is 16.1. The standard InChI is InChI=1S/C81H128N14O18S/c1-19-51(9)70(93(16)77(106)68(48(4)5)89-75(104)69(49(6)7)90(12)13)61(110-17)40-65(99)95-44-56(39-59(95)71(111-18)53(11)72(101)85-43-60(96)57-31-26-50(8)38-52(57)10)113-80(109)92(15)37-36-91(14)79(108)112-45-54-27-29-55(30-28-54)86-73(102)58(24-23-34-84-78(83)107)87-74(103)67(47(2)3)88-64(98)25-21-20-22-35-94-66(100)41-62(76(94)105)114-46-81(32-33-81)42-63(82)97/h26-31,38,47-49,51,53,56,58-59,61-62,67-71H,19-25,32-37,39-46H2,1-18H3,(H2,82,97)(H,85,101)(H,86,102)(H,87,103)(H,88,98)(H,89,104)(H3,83,84,107)/t51-,53+,56-,58-,59-,61+,62?,67-,68-,69-,70?,71+/m0/s1. The van der Waals surface area contributed by atoms with Gasteiger partial charge in [0.2, 0.25) is 59.1 Å². The Morgan fingerprint density at radius 2 is 1.37 bits per heavy atom. The number of urea groups is 1. The third-order valence-electron chi connectivity index (χ3n) is 21.8. The van der Waals surface area contributed by atoms with E-state index in [1.54, 1.807) is 63.1 Å². The number of hydrogen-bond donors (Lipinski definition) is 8. The summed E-state index contributed by atoms with van der Waals surface area (Å²) in [6.07, 6.45) is -0.127. The predicted octanol–water partition coefficient (Wildman–Crippen LogP) is 5.65. The molecule has 114 heavy (non-hydrogen) atoms. The monoisotopic (exact) mass is 1620 g/mol. The minimum Gasteiger partial charge on any atom is -0.445 e. The van der Waals surface area contributed by atoms with Crippen LogP contribution in [0.5, 0.6) is 0 Å². The molecule has 3 aliphatic rings. The number of carbonyl (C=O) groups excluding carboxylic acids is 14. The Kier molecular flexibility index (Phi) is 38.1. The molecule has 0 aromatic heterocycles. The molecule has 636 valence electrons. The summed E-state index contributed by atoms with van der Waals surface area (Å²) in [5.41, 5.74) is 13.6. The summed E-state index contributed by atoms with van der Waals surface area (Å²) in [6.45, 7) is 20.0. The number of unbranched alkanes of at least 4 members (excludes halogenated alkanes) is 2. The van der Waals surface area contributed by atoms with Crippen LogP contribution in [0.3, 0.4) is 0 Å². The number of likely N-dealkylation sites (tertiary alicyclic amines) is 2. The zero-order valence-corrected chi connectivity index (χ0v) is 71.0. The van der Waals surface area contributed by atoms with Crippen molar-refractivity contribution in [2.24, 2.45) is 46.5 Å². The summed E-state index contributed by atoms with van der Waals surface area (Å²) in [5.74, 6) is -5.80. The molecule has 2 heterocycles. The summed E-state index contributed by atoms with van der Waals surface area (Å²) in [4.78, 5) is 197. The van der Waals surface area contributed by atoms with Gasteiger partial charge in [-0.25, -0.2) is 14.4 Å². The largest absolute Gasteiger partial charge is 0.445 e. The lowest BCUT2D eigenvalue weighted by molar-refractivity contribution is -0.148. The zero-order valence-electron chi connectivity index (χ0n) is 70.1. The van der Waals surface area contributed by atoms with E-state index in [-0.39, 0.29) is 149 Å². The zero-order chi connectivity index (χ0) is 85.2. The van der Waals surface area contributed by atoms with E-state index in [9.17, 15) is 62.3 Å². The van der Waals surface area contributed by atoms with Gasteiger partial charge in [0.15, 0.2) is 5.78 Å². The fourth-order valence-corrected chi connectivity index (χ4v) is 16.2. The van der Waals surface area contributed by atoms with Gasteiger partial charge in [0.05, 0.1) is 61.0 Å². The van der Waals surface area contributed by atoms with Crippen molar-refractivity contribution in [1.29, 1.82) is 0 Å². The molecule has 2 aliphatic heterocycles. The van der Waals surface area contributed by atoms with Gasteiger partial charge in [-0.05, 0) is 119 Å². The van der Waals surface area contributed by atoms with Crippen molar-refractivity contribution in [3.63, 3.8) is 0 Å². The van der Waals surface area contributed by atoms with Crippen LogP contribution in [0.15, 0.2) is 42.5 Å². The van der Waals surface area contributed by atoms with Crippen LogP contribution < -0.4 is 43.4 Å². The van der Waals surface area contributed by atoms with E-state index in [1.807, 2.05) is 86.5 Å². The van der Waals surface area contributed by atoms with Crippen molar-refractivity contribution >= 4 is 101 Å². The number of Topliss-reactive ketones (excluding diaryl/α,β-unsaturated/α-hetero) is 1. The molecule has 2 unspecified atom stereocenters. The van der Waals surface area contributed by atoms with Gasteiger partial charge in [-0.1, -0.05) is 111 Å². The molecule has 33 heteroatoms. The highest BCUT2D eigenvalue weighted by Gasteiger charge is 2.49. The van der Waals surface area contributed by atoms with Crippen LogP contribution in [0.2, 0.25) is 0 Å². The third-order valence-corrected chi connectivity index (χ3v) is 23.3. The van der Waals surface area contributed by atoms with Crippen molar-refractivity contribution in [2.45, 2.75) is 226 Å². The van der Waals surface area contributed by atoms with Crippen LogP contribution in [0, 0.1) is 48.9 Å². The van der Waals surface area contributed by atoms with Gasteiger partial charge >= 0.3 is 18.2 Å². The highest BCUT2D eigenvalue weighted by molar-refractivity contribution is 8.00. The van der Waals surface area contributed by atoms with E-state index in [2.05, 4.69) is 31.9 Å². The van der Waals surface area contributed by atoms with Crippen LogP contribution in [0.1, 0.15) is 173 Å². The summed E-state index contributed by atoms with van der Waals surface area (Å²) in [7, 11) is 11.1. The number of rotatable bonds is 47.